The molecule has 0 spiro atoms. The molecule has 3 heterocycles. The monoisotopic (exact) mass is 442 g/mol. The summed E-state index contributed by atoms with van der Waals surface area (Å²) < 4.78 is 5.84. The average Bonchev–Trinajstić information content (AvgIpc) is 3.30. The van der Waals surface area contributed by atoms with Gasteiger partial charge in [0.15, 0.2) is 17.1 Å². The first-order valence-electron chi connectivity index (χ1n) is 10.1. The Kier molecular flexibility index (Phi) is 4.59. The Balaban J connectivity index is 1.52. The number of para-hydroxylation sites is 2. The fraction of sp³-hybridized carbons (Fsp3) is 0.0833. The van der Waals surface area contributed by atoms with Crippen LogP contribution in [0.5, 0.6) is 5.75 Å². The van der Waals surface area contributed by atoms with Crippen molar-refractivity contribution in [1.82, 2.24) is 4.98 Å². The summed E-state index contributed by atoms with van der Waals surface area (Å²) in [5.41, 5.74) is 1.95. The van der Waals surface area contributed by atoms with E-state index in [1.54, 1.807) is 19.1 Å². The number of fused-ring (bicyclic) bond motifs is 2. The maximum absolute atomic E-state index is 13.1. The zero-order valence-electron chi connectivity index (χ0n) is 17.7. The number of anilines is 2. The van der Waals surface area contributed by atoms with Gasteiger partial charge >= 0.3 is 5.97 Å². The number of benzene rings is 2. The Hall–Kier alpha value is -4.66. The van der Waals surface area contributed by atoms with Crippen molar-refractivity contribution in [3.05, 3.63) is 98.2 Å². The minimum atomic E-state index is -1.07. The van der Waals surface area contributed by atoms with E-state index >= 15 is 0 Å². The van der Waals surface area contributed by atoms with Gasteiger partial charge in [-0.25, -0.2) is 4.79 Å². The number of hydrogen-bond acceptors (Lipinski definition) is 6. The number of aromatic nitrogens is 1. The van der Waals surface area contributed by atoms with Crippen LogP contribution in [0.4, 0.5) is 11.4 Å². The zero-order valence-corrected chi connectivity index (χ0v) is 17.7. The molecule has 3 aromatic rings. The van der Waals surface area contributed by atoms with E-state index in [0.717, 1.165) is 16.4 Å². The van der Waals surface area contributed by atoms with Gasteiger partial charge in [0.2, 0.25) is 0 Å². The summed E-state index contributed by atoms with van der Waals surface area (Å²) in [5.74, 6) is -0.209. The number of rotatable bonds is 3. The van der Waals surface area contributed by atoms with E-state index in [9.17, 15) is 14.4 Å². The number of carboxylic acid groups (broad SMARTS) is 1. The Labute approximate surface area is 187 Å². The molecule has 2 aromatic carbocycles. The summed E-state index contributed by atoms with van der Waals surface area (Å²) in [6, 6.07) is 13.3. The van der Waals surface area contributed by atoms with E-state index in [1.165, 1.54) is 24.3 Å². The molecule has 0 atom stereocenters. The van der Waals surface area contributed by atoms with Crippen LogP contribution in [0, 0.1) is 6.92 Å². The van der Waals surface area contributed by atoms with E-state index in [4.69, 9.17) is 9.84 Å². The molecule has 0 fully saturated rings. The third-order valence-electron chi connectivity index (χ3n) is 5.62. The van der Waals surface area contributed by atoms with Crippen LogP contribution in [0.25, 0.3) is 6.08 Å². The van der Waals surface area contributed by atoms with Crippen LogP contribution >= 0.6 is 0 Å². The number of amides is 1. The minimum absolute atomic E-state index is 0.0960. The first-order chi connectivity index (χ1) is 15.8. The molecule has 0 saturated heterocycles. The maximum Gasteiger partial charge on any atom is 0.335 e. The highest BCUT2D eigenvalue weighted by molar-refractivity contribution is 6.08. The van der Waals surface area contributed by atoms with Crippen LogP contribution in [0.1, 0.15) is 26.3 Å². The second-order valence-corrected chi connectivity index (χ2v) is 7.59. The molecule has 0 saturated carbocycles. The summed E-state index contributed by atoms with van der Waals surface area (Å²) in [7, 11) is 1.86. The maximum atomic E-state index is 13.1. The van der Waals surface area contributed by atoms with Crippen molar-refractivity contribution in [3.8, 4) is 5.75 Å². The normalized spacial score (nSPS) is 16.0. The van der Waals surface area contributed by atoms with E-state index in [2.05, 4.69) is 10.1 Å². The van der Waals surface area contributed by atoms with Crippen molar-refractivity contribution >= 4 is 29.3 Å². The Morgan fingerprint density at radius 1 is 1.09 bits per heavy atom. The number of aromatic amines is 1. The number of nitrogens with zero attached hydrogens (tertiary/aromatic N) is 3. The van der Waals surface area contributed by atoms with E-state index < -0.39 is 11.9 Å². The molecule has 2 aliphatic rings. The summed E-state index contributed by atoms with van der Waals surface area (Å²) in [4.78, 5) is 41.4. The lowest BCUT2D eigenvalue weighted by atomic mass is 10.1. The highest BCUT2D eigenvalue weighted by atomic mass is 16.5. The van der Waals surface area contributed by atoms with Crippen molar-refractivity contribution in [2.75, 3.05) is 17.0 Å². The molecule has 0 bridgehead atoms. The number of carbonyl (C=O) groups excluding carboxylic acids is 1. The van der Waals surface area contributed by atoms with Gasteiger partial charge in [-0.15, -0.1) is 5.10 Å². The lowest BCUT2D eigenvalue weighted by Gasteiger charge is -2.12. The topological polar surface area (TPSA) is 115 Å². The highest BCUT2D eigenvalue weighted by Gasteiger charge is 2.28. The Morgan fingerprint density at radius 3 is 2.52 bits per heavy atom. The number of carbonyl (C=O) groups is 2. The largest absolute Gasteiger partial charge is 0.478 e. The van der Waals surface area contributed by atoms with Crippen molar-refractivity contribution in [1.29, 1.82) is 0 Å². The van der Waals surface area contributed by atoms with Crippen LogP contribution in [0.15, 0.2) is 70.4 Å². The van der Waals surface area contributed by atoms with Gasteiger partial charge in [-0.1, -0.05) is 12.1 Å². The zero-order chi connectivity index (χ0) is 23.3. The molecular weight excluding hydrogens is 424 g/mol. The molecule has 33 heavy (non-hydrogen) atoms. The number of ether oxygens (including phenoxy) is 1. The Morgan fingerprint density at radius 2 is 1.82 bits per heavy atom. The van der Waals surface area contributed by atoms with Crippen LogP contribution in [0.2, 0.25) is 0 Å². The summed E-state index contributed by atoms with van der Waals surface area (Å²) in [6.07, 6.45) is 3.30. The second kappa shape index (κ2) is 7.49. The lowest BCUT2D eigenvalue weighted by Crippen LogP contribution is -2.38. The molecule has 1 aromatic heterocycles. The van der Waals surface area contributed by atoms with Gasteiger partial charge in [0.25, 0.3) is 11.5 Å². The fourth-order valence-electron chi connectivity index (χ4n) is 3.85. The van der Waals surface area contributed by atoms with Gasteiger partial charge in [-0.3, -0.25) is 9.59 Å². The quantitative estimate of drug-likeness (QED) is 0.638. The molecule has 0 radical (unpaired) electrons. The number of aromatic carboxylic acids is 1. The number of allylic oxidation sites excluding steroid dienone is 1. The Bertz CT molecular complexity index is 1540. The van der Waals surface area contributed by atoms with Gasteiger partial charge < -0.3 is 19.7 Å². The van der Waals surface area contributed by atoms with E-state index in [-0.39, 0.29) is 22.2 Å². The standard InChI is InChI=1S/C24H18N4O5/c1-13-16(11-12-19-27(2)17-5-3-4-6-18(17)33-19)22(29)25-21-20(13)23(30)28(26-21)15-9-7-14(8-10-15)24(31)32/h3-12H,1-2H3,(H,31,32)(H,25,26,29)/b16-11-,19-12+. The number of nitrogens with one attached hydrogen (secondary N) is 1. The third-order valence-corrected chi connectivity index (χ3v) is 5.62. The van der Waals surface area contributed by atoms with Crippen LogP contribution in [-0.4, -0.2) is 29.0 Å². The predicted octanol–water partition coefficient (Wildman–Crippen LogP) is 1.73. The average molecular weight is 442 g/mol. The van der Waals surface area contributed by atoms with Gasteiger partial charge in [0.05, 0.1) is 22.5 Å². The number of H-pyrrole nitrogens is 1. The minimum Gasteiger partial charge on any atom is -0.478 e. The molecule has 2 aliphatic heterocycles. The molecule has 9 heteroatoms. The van der Waals surface area contributed by atoms with Crippen molar-refractivity contribution in [2.45, 2.75) is 6.92 Å². The number of hydrogen-bond donors (Lipinski definition) is 2. The molecular formula is C24H18N4O5. The van der Waals surface area contributed by atoms with E-state index in [0.29, 0.717) is 22.4 Å². The highest BCUT2D eigenvalue weighted by Crippen LogP contribution is 2.37. The summed E-state index contributed by atoms with van der Waals surface area (Å²) in [6.45, 7) is 1.69. The first kappa shape index (κ1) is 20.3. The summed E-state index contributed by atoms with van der Waals surface area (Å²) in [5, 5.41) is 14.8. The van der Waals surface area contributed by atoms with Gasteiger partial charge in [-0.2, -0.15) is 5.01 Å². The fourth-order valence-corrected chi connectivity index (χ4v) is 3.85. The molecule has 2 N–H and O–H groups in total. The van der Waals surface area contributed by atoms with Gasteiger partial charge in [0, 0.05) is 12.3 Å². The van der Waals surface area contributed by atoms with Crippen LogP contribution in [-0.2, 0) is 0 Å². The second-order valence-electron chi connectivity index (χ2n) is 7.59. The molecule has 9 nitrogen and oxygen atoms in total. The number of carboxylic acids is 1. The molecule has 5 rings (SSSR count). The van der Waals surface area contributed by atoms with E-state index in [1.807, 2.05) is 36.2 Å². The lowest BCUT2D eigenvalue weighted by molar-refractivity contribution is 0.0696. The molecule has 0 unspecified atom stereocenters. The third kappa shape index (κ3) is 3.26. The van der Waals surface area contributed by atoms with Crippen molar-refractivity contribution < 1.29 is 19.4 Å². The molecule has 164 valence electrons. The van der Waals surface area contributed by atoms with Crippen LogP contribution < -0.4 is 30.9 Å². The predicted molar refractivity (Wildman–Crippen MR) is 121 cm³/mol. The van der Waals surface area contributed by atoms with Crippen molar-refractivity contribution in [2.24, 2.45) is 5.10 Å². The van der Waals surface area contributed by atoms with Gasteiger partial charge in [-0.05, 0) is 61.0 Å². The van der Waals surface area contributed by atoms with Gasteiger partial charge in [0.1, 0.15) is 0 Å². The first-order valence-corrected chi connectivity index (χ1v) is 10.1. The molecule has 0 aliphatic carbocycles. The molecule has 1 amide bonds. The van der Waals surface area contributed by atoms with Crippen LogP contribution in [0.3, 0.4) is 0 Å². The SMILES string of the molecule is Cc1c2c([nH]c(=O)/c1=C\C=C1\Oc3ccccc3N1C)=NN(c1ccc(C(=O)O)cc1)C2=O. The smallest absolute Gasteiger partial charge is 0.335 e. The summed E-state index contributed by atoms with van der Waals surface area (Å²) >= 11 is 0. The van der Waals surface area contributed by atoms with Crippen molar-refractivity contribution in [3.63, 3.8) is 0 Å². The number of pyridine rings is 1.